The van der Waals surface area contributed by atoms with Crippen LogP contribution in [0.2, 0.25) is 10.0 Å². The van der Waals surface area contributed by atoms with Crippen molar-refractivity contribution >= 4 is 50.9 Å². The second kappa shape index (κ2) is 9.62. The molecule has 1 aromatic carbocycles. The number of hydrogen-bond acceptors (Lipinski definition) is 6. The van der Waals surface area contributed by atoms with Crippen LogP contribution in [0.25, 0.3) is 0 Å². The Bertz CT molecular complexity index is 1320. The number of nitrogens with zero attached hydrogens (tertiary/aromatic N) is 4. The minimum absolute atomic E-state index is 0.0426. The minimum Gasteiger partial charge on any atom is -0.366 e. The number of nitrogens with two attached hydrogens (primary N) is 1. The predicted octanol–water partition coefficient (Wildman–Crippen LogP) is 1.65. The van der Waals surface area contributed by atoms with Gasteiger partial charge in [0.25, 0.3) is 5.91 Å². The van der Waals surface area contributed by atoms with Gasteiger partial charge >= 0.3 is 0 Å². The summed E-state index contributed by atoms with van der Waals surface area (Å²) in [6.07, 6.45) is 2.88. The van der Waals surface area contributed by atoms with Crippen LogP contribution in [0.4, 0.5) is 0 Å². The Morgan fingerprint density at radius 1 is 1.19 bits per heavy atom. The van der Waals surface area contributed by atoms with Crippen LogP contribution in [0.5, 0.6) is 0 Å². The number of primary amides is 1. The van der Waals surface area contributed by atoms with Crippen LogP contribution in [-0.4, -0.2) is 76.1 Å². The second-order valence-electron chi connectivity index (χ2n) is 8.98. The summed E-state index contributed by atoms with van der Waals surface area (Å²) in [6, 6.07) is 5.67. The fourth-order valence-corrected chi connectivity index (χ4v) is 7.28. The zero-order valence-electron chi connectivity index (χ0n) is 19.6. The molecule has 2 atom stereocenters. The van der Waals surface area contributed by atoms with Gasteiger partial charge in [-0.1, -0.05) is 23.2 Å². The fraction of sp³-hybridized carbons (Fsp3) is 0.391. The second-order valence-corrected chi connectivity index (χ2v) is 11.7. The molecule has 3 heterocycles. The maximum absolute atomic E-state index is 14.0. The highest BCUT2D eigenvalue weighted by molar-refractivity contribution is 7.89. The predicted molar refractivity (Wildman–Crippen MR) is 132 cm³/mol. The van der Waals surface area contributed by atoms with E-state index in [1.165, 1.54) is 23.1 Å². The Kier molecular flexibility index (Phi) is 7.04. The van der Waals surface area contributed by atoms with E-state index in [0.717, 1.165) is 9.21 Å². The Balaban J connectivity index is 1.93. The summed E-state index contributed by atoms with van der Waals surface area (Å²) >= 11 is 12.2. The lowest BCUT2D eigenvalue weighted by molar-refractivity contribution is -0.186. The van der Waals surface area contributed by atoms with Crippen LogP contribution in [0, 0.1) is 0 Å². The van der Waals surface area contributed by atoms with Gasteiger partial charge in [0.05, 0.1) is 11.6 Å². The first-order valence-corrected chi connectivity index (χ1v) is 13.4. The highest BCUT2D eigenvalue weighted by atomic mass is 35.5. The highest BCUT2D eigenvalue weighted by Crippen LogP contribution is 2.40. The number of pyridine rings is 1. The van der Waals surface area contributed by atoms with Gasteiger partial charge in [0, 0.05) is 42.8 Å². The van der Waals surface area contributed by atoms with Crippen LogP contribution >= 0.6 is 23.2 Å². The van der Waals surface area contributed by atoms with Gasteiger partial charge in [-0.3, -0.25) is 19.4 Å². The number of rotatable bonds is 6. The van der Waals surface area contributed by atoms with E-state index in [4.69, 9.17) is 28.9 Å². The Morgan fingerprint density at radius 3 is 2.44 bits per heavy atom. The molecule has 0 aliphatic carbocycles. The number of hydrogen-bond donors (Lipinski definition) is 1. The number of piperazine rings is 1. The van der Waals surface area contributed by atoms with E-state index >= 15 is 0 Å². The zero-order chi connectivity index (χ0) is 26.4. The molecule has 36 heavy (non-hydrogen) atoms. The number of carbonyl (C=O) groups excluding carboxylic acids is 3. The normalized spacial score (nSPS) is 23.2. The third-order valence-corrected chi connectivity index (χ3v) is 9.17. The lowest BCUT2D eigenvalue weighted by atomic mass is 9.90. The molecule has 1 aromatic heterocycles. The molecule has 2 N–H and O–H groups in total. The summed E-state index contributed by atoms with van der Waals surface area (Å²) in [6.45, 7) is 2.75. The molecule has 2 aliphatic rings. The quantitative estimate of drug-likeness (QED) is 0.578. The molecule has 2 unspecified atom stereocenters. The van der Waals surface area contributed by atoms with E-state index < -0.39 is 52.0 Å². The molecule has 2 aliphatic heterocycles. The summed E-state index contributed by atoms with van der Waals surface area (Å²) in [5.74, 6) is -2.02. The molecule has 13 heteroatoms. The third-order valence-electron chi connectivity index (χ3n) is 6.54. The van der Waals surface area contributed by atoms with Gasteiger partial charge in [0.1, 0.15) is 10.9 Å². The molecule has 0 saturated carbocycles. The maximum atomic E-state index is 14.0. The first-order valence-electron chi connectivity index (χ1n) is 11.2. The Morgan fingerprint density at radius 2 is 1.86 bits per heavy atom. The third kappa shape index (κ3) is 4.23. The number of fused-ring (bicyclic) bond motifs is 1. The fourth-order valence-electron chi connectivity index (χ4n) is 4.83. The van der Waals surface area contributed by atoms with Gasteiger partial charge in [0.15, 0.2) is 0 Å². The SMILES string of the molecule is CC(C)N1CC2(C(N)=O)N(C(=O)CCN2S(=O)(=O)c2ccc(Cl)cc2Cl)C(Cc2ccncc2)C1=O. The molecule has 2 saturated heterocycles. The van der Waals surface area contributed by atoms with Gasteiger partial charge < -0.3 is 15.5 Å². The van der Waals surface area contributed by atoms with Gasteiger partial charge in [-0.05, 0) is 49.7 Å². The number of sulfonamides is 1. The molecule has 2 fully saturated rings. The largest absolute Gasteiger partial charge is 0.366 e. The summed E-state index contributed by atoms with van der Waals surface area (Å²) in [7, 11) is -4.47. The van der Waals surface area contributed by atoms with Gasteiger partial charge in [-0.2, -0.15) is 4.31 Å². The molecule has 10 nitrogen and oxygen atoms in total. The van der Waals surface area contributed by atoms with Crippen LogP contribution in [0.3, 0.4) is 0 Å². The minimum atomic E-state index is -4.47. The Labute approximate surface area is 219 Å². The lowest BCUT2D eigenvalue weighted by Crippen LogP contribution is -2.83. The van der Waals surface area contributed by atoms with Crippen molar-refractivity contribution in [2.75, 3.05) is 13.1 Å². The number of amides is 3. The van der Waals surface area contributed by atoms with Crippen molar-refractivity contribution in [3.8, 4) is 0 Å². The van der Waals surface area contributed by atoms with Crippen molar-refractivity contribution in [3.63, 3.8) is 0 Å². The number of benzene rings is 1. The van der Waals surface area contributed by atoms with Crippen molar-refractivity contribution in [2.24, 2.45) is 5.73 Å². The Hall–Kier alpha value is -2.73. The summed E-state index contributed by atoms with van der Waals surface area (Å²) in [5.41, 5.74) is 4.45. The summed E-state index contributed by atoms with van der Waals surface area (Å²) in [4.78, 5) is 46.4. The lowest BCUT2D eigenvalue weighted by Gasteiger charge is -2.58. The first-order chi connectivity index (χ1) is 16.9. The van der Waals surface area contributed by atoms with Gasteiger partial charge in [-0.15, -0.1) is 0 Å². The van der Waals surface area contributed by atoms with E-state index in [9.17, 15) is 22.8 Å². The van der Waals surface area contributed by atoms with E-state index in [-0.39, 0.29) is 34.3 Å². The molecule has 0 radical (unpaired) electrons. The smallest absolute Gasteiger partial charge is 0.261 e. The number of aromatic nitrogens is 1. The van der Waals surface area contributed by atoms with Crippen LogP contribution in [0.1, 0.15) is 25.8 Å². The van der Waals surface area contributed by atoms with Crippen molar-refractivity contribution in [3.05, 3.63) is 58.3 Å². The van der Waals surface area contributed by atoms with Crippen LogP contribution in [-0.2, 0) is 30.8 Å². The van der Waals surface area contributed by atoms with Crippen molar-refractivity contribution in [2.45, 2.75) is 49.3 Å². The van der Waals surface area contributed by atoms with E-state index in [0.29, 0.717) is 5.56 Å². The standard InChI is InChI=1S/C23H25Cl2N5O5S/c1-14(2)28-13-23(22(26)33)29(36(34,35)19-4-3-16(24)12-17(19)25)10-7-20(31)30(23)18(21(28)32)11-15-5-8-27-9-6-15/h3-6,8-9,12,14,18H,7,10-11,13H2,1-2H3,(H2,26,33). The monoisotopic (exact) mass is 553 g/mol. The highest BCUT2D eigenvalue weighted by Gasteiger charge is 2.64. The average Bonchev–Trinajstić information content (AvgIpc) is 2.80. The summed E-state index contributed by atoms with van der Waals surface area (Å²) in [5, 5.41) is 0.0807. The average molecular weight is 554 g/mol. The molecule has 2 aromatic rings. The zero-order valence-corrected chi connectivity index (χ0v) is 21.9. The van der Waals surface area contributed by atoms with Gasteiger partial charge in [0.2, 0.25) is 27.5 Å². The summed E-state index contributed by atoms with van der Waals surface area (Å²) < 4.78 is 28.8. The van der Waals surface area contributed by atoms with E-state index in [1.807, 2.05) is 0 Å². The molecular weight excluding hydrogens is 529 g/mol. The topological polar surface area (TPSA) is 134 Å². The number of carbonyl (C=O) groups is 3. The van der Waals surface area contributed by atoms with E-state index in [1.54, 1.807) is 38.4 Å². The van der Waals surface area contributed by atoms with E-state index in [2.05, 4.69) is 4.98 Å². The van der Waals surface area contributed by atoms with Crippen molar-refractivity contribution in [1.82, 2.24) is 19.1 Å². The molecule has 192 valence electrons. The van der Waals surface area contributed by atoms with Crippen LogP contribution < -0.4 is 5.73 Å². The number of halogens is 2. The van der Waals surface area contributed by atoms with Gasteiger partial charge in [-0.25, -0.2) is 8.42 Å². The molecule has 3 amide bonds. The van der Waals surface area contributed by atoms with Crippen molar-refractivity contribution in [1.29, 1.82) is 0 Å². The maximum Gasteiger partial charge on any atom is 0.261 e. The molecule has 0 bridgehead atoms. The molecule has 4 rings (SSSR count). The van der Waals surface area contributed by atoms with Crippen LogP contribution in [0.15, 0.2) is 47.6 Å². The first kappa shape index (κ1) is 26.3. The molecule has 0 spiro atoms. The molecular formula is C23H25Cl2N5O5S. The van der Waals surface area contributed by atoms with Crippen molar-refractivity contribution < 1.29 is 22.8 Å².